The topological polar surface area (TPSA) is 73.4 Å². The molecule has 1 amide bonds. The van der Waals surface area contributed by atoms with Crippen molar-refractivity contribution in [2.45, 2.75) is 43.8 Å². The van der Waals surface area contributed by atoms with Crippen LogP contribution in [0.15, 0.2) is 12.4 Å². The fourth-order valence-electron chi connectivity index (χ4n) is 2.69. The molecule has 110 valence electrons. The number of aryl methyl sites for hydroxylation is 1. The van der Waals surface area contributed by atoms with Crippen molar-refractivity contribution in [2.24, 2.45) is 12.8 Å². The van der Waals surface area contributed by atoms with Crippen LogP contribution >= 0.6 is 0 Å². The highest BCUT2D eigenvalue weighted by molar-refractivity contribution is 5.86. The summed E-state index contributed by atoms with van der Waals surface area (Å²) >= 11 is 0. The average Bonchev–Trinajstić information content (AvgIpc) is 3.20. The van der Waals surface area contributed by atoms with Gasteiger partial charge in [0, 0.05) is 38.7 Å². The van der Waals surface area contributed by atoms with E-state index in [2.05, 4.69) is 4.98 Å². The molecule has 0 unspecified atom stereocenters. The van der Waals surface area contributed by atoms with Gasteiger partial charge < -0.3 is 19.9 Å². The van der Waals surface area contributed by atoms with Crippen LogP contribution in [0.4, 0.5) is 0 Å². The lowest BCUT2D eigenvalue weighted by Gasteiger charge is -2.36. The molecule has 0 radical (unpaired) electrons. The molecule has 0 bridgehead atoms. The van der Waals surface area contributed by atoms with Gasteiger partial charge in [0.15, 0.2) is 0 Å². The molecular weight excluding hydrogens is 256 g/mol. The average molecular weight is 278 g/mol. The fraction of sp³-hybridized carbons (Fsp3) is 0.714. The van der Waals surface area contributed by atoms with Crippen LogP contribution < -0.4 is 5.73 Å². The monoisotopic (exact) mass is 278 g/mol. The van der Waals surface area contributed by atoms with Gasteiger partial charge in [0.2, 0.25) is 5.91 Å². The van der Waals surface area contributed by atoms with E-state index in [1.807, 2.05) is 22.7 Å². The van der Waals surface area contributed by atoms with Crippen molar-refractivity contribution < 1.29 is 9.53 Å². The molecule has 1 aliphatic carbocycles. The largest absolute Gasteiger partial charge is 0.381 e. The van der Waals surface area contributed by atoms with Gasteiger partial charge >= 0.3 is 0 Å². The zero-order valence-corrected chi connectivity index (χ0v) is 11.9. The third-order valence-corrected chi connectivity index (χ3v) is 4.29. The van der Waals surface area contributed by atoms with E-state index in [4.69, 9.17) is 10.5 Å². The maximum Gasteiger partial charge on any atom is 0.243 e. The van der Waals surface area contributed by atoms with Gasteiger partial charge in [0.05, 0.1) is 12.1 Å². The SMILES string of the molecule is Cn1ccnc1CN(C(=O)C1(N)CCOCC1)C1CC1. The van der Waals surface area contributed by atoms with Crippen molar-refractivity contribution in [2.75, 3.05) is 13.2 Å². The molecule has 2 fully saturated rings. The van der Waals surface area contributed by atoms with Crippen molar-refractivity contribution in [1.82, 2.24) is 14.5 Å². The summed E-state index contributed by atoms with van der Waals surface area (Å²) in [5, 5.41) is 0. The van der Waals surface area contributed by atoms with Crippen LogP contribution in [-0.2, 0) is 23.1 Å². The Balaban J connectivity index is 1.76. The number of aromatic nitrogens is 2. The Kier molecular flexibility index (Phi) is 3.52. The van der Waals surface area contributed by atoms with Gasteiger partial charge in [0.1, 0.15) is 5.82 Å². The smallest absolute Gasteiger partial charge is 0.243 e. The van der Waals surface area contributed by atoms with E-state index < -0.39 is 5.54 Å². The molecule has 6 heteroatoms. The standard InChI is InChI=1S/C14H22N4O2/c1-17-7-6-16-12(17)10-18(11-2-3-11)13(19)14(15)4-8-20-9-5-14/h6-7,11H,2-5,8-10,15H2,1H3. The number of nitrogens with two attached hydrogens (primary N) is 1. The lowest BCUT2D eigenvalue weighted by molar-refractivity contribution is -0.142. The van der Waals surface area contributed by atoms with Crippen LogP contribution in [0.5, 0.6) is 0 Å². The summed E-state index contributed by atoms with van der Waals surface area (Å²) < 4.78 is 7.28. The van der Waals surface area contributed by atoms with Crippen LogP contribution in [0, 0.1) is 0 Å². The predicted molar refractivity (Wildman–Crippen MR) is 73.8 cm³/mol. The molecule has 1 aromatic rings. The number of hydrogen-bond acceptors (Lipinski definition) is 4. The van der Waals surface area contributed by atoms with Gasteiger partial charge in [-0.15, -0.1) is 0 Å². The van der Waals surface area contributed by atoms with Crippen LogP contribution in [0.2, 0.25) is 0 Å². The van der Waals surface area contributed by atoms with E-state index in [1.54, 1.807) is 6.20 Å². The summed E-state index contributed by atoms with van der Waals surface area (Å²) in [5.74, 6) is 0.965. The van der Waals surface area contributed by atoms with E-state index in [9.17, 15) is 4.79 Å². The second-order valence-corrected chi connectivity index (χ2v) is 5.89. The highest BCUT2D eigenvalue weighted by atomic mass is 16.5. The molecule has 1 saturated heterocycles. The van der Waals surface area contributed by atoms with E-state index in [-0.39, 0.29) is 5.91 Å². The van der Waals surface area contributed by atoms with E-state index in [0.29, 0.717) is 38.6 Å². The highest BCUT2D eigenvalue weighted by Crippen LogP contribution is 2.32. The number of ether oxygens (including phenoxy) is 1. The molecule has 1 aliphatic heterocycles. The normalized spacial score (nSPS) is 21.7. The molecule has 1 saturated carbocycles. The Morgan fingerprint density at radius 1 is 1.55 bits per heavy atom. The van der Waals surface area contributed by atoms with Crippen molar-refractivity contribution >= 4 is 5.91 Å². The van der Waals surface area contributed by atoms with Crippen LogP contribution in [0.1, 0.15) is 31.5 Å². The van der Waals surface area contributed by atoms with Crippen LogP contribution in [0.3, 0.4) is 0 Å². The Morgan fingerprint density at radius 2 is 2.25 bits per heavy atom. The maximum absolute atomic E-state index is 12.8. The molecule has 3 rings (SSSR count). The minimum atomic E-state index is -0.758. The lowest BCUT2D eigenvalue weighted by Crippen LogP contribution is -2.58. The van der Waals surface area contributed by atoms with Gasteiger partial charge in [-0.05, 0) is 25.7 Å². The Bertz CT molecular complexity index is 489. The number of rotatable bonds is 4. The summed E-state index contributed by atoms with van der Waals surface area (Å²) in [6.07, 6.45) is 7.02. The molecule has 0 atom stereocenters. The van der Waals surface area contributed by atoms with Gasteiger partial charge in [-0.1, -0.05) is 0 Å². The third-order valence-electron chi connectivity index (χ3n) is 4.29. The van der Waals surface area contributed by atoms with Crippen LogP contribution in [-0.4, -0.2) is 45.2 Å². The van der Waals surface area contributed by atoms with E-state index >= 15 is 0 Å². The van der Waals surface area contributed by atoms with Gasteiger partial charge in [-0.3, -0.25) is 4.79 Å². The molecule has 0 aromatic carbocycles. The first kappa shape index (κ1) is 13.6. The van der Waals surface area contributed by atoms with Crippen molar-refractivity contribution in [3.63, 3.8) is 0 Å². The lowest BCUT2D eigenvalue weighted by atomic mass is 9.89. The highest BCUT2D eigenvalue weighted by Gasteiger charge is 2.43. The molecule has 20 heavy (non-hydrogen) atoms. The molecule has 1 aromatic heterocycles. The molecular formula is C14H22N4O2. The Labute approximate surface area is 118 Å². The quantitative estimate of drug-likeness (QED) is 0.866. The zero-order chi connectivity index (χ0) is 14.2. The second-order valence-electron chi connectivity index (χ2n) is 5.89. The summed E-state index contributed by atoms with van der Waals surface area (Å²) in [4.78, 5) is 19.1. The number of carbonyl (C=O) groups excluding carboxylic acids is 1. The van der Waals surface area contributed by atoms with Gasteiger partial charge in [-0.2, -0.15) is 0 Å². The zero-order valence-electron chi connectivity index (χ0n) is 11.9. The fourth-order valence-corrected chi connectivity index (χ4v) is 2.69. The molecule has 2 heterocycles. The summed E-state index contributed by atoms with van der Waals surface area (Å²) in [6, 6.07) is 0.336. The predicted octanol–water partition coefficient (Wildman–Crippen LogP) is 0.419. The van der Waals surface area contributed by atoms with Gasteiger partial charge in [0.25, 0.3) is 0 Å². The first-order chi connectivity index (χ1) is 9.60. The Hall–Kier alpha value is -1.40. The number of nitrogens with zero attached hydrogens (tertiary/aromatic N) is 3. The first-order valence-electron chi connectivity index (χ1n) is 7.24. The first-order valence-corrected chi connectivity index (χ1v) is 7.24. The minimum absolute atomic E-state index is 0.0614. The van der Waals surface area contributed by atoms with E-state index in [0.717, 1.165) is 18.7 Å². The van der Waals surface area contributed by atoms with E-state index in [1.165, 1.54) is 0 Å². The number of imidazole rings is 1. The second kappa shape index (κ2) is 5.18. The summed E-state index contributed by atoms with van der Waals surface area (Å²) in [6.45, 7) is 1.69. The van der Waals surface area contributed by atoms with Crippen molar-refractivity contribution in [3.8, 4) is 0 Å². The molecule has 6 nitrogen and oxygen atoms in total. The molecule has 2 aliphatic rings. The Morgan fingerprint density at radius 3 is 2.80 bits per heavy atom. The third kappa shape index (κ3) is 2.58. The van der Waals surface area contributed by atoms with Crippen LogP contribution in [0.25, 0.3) is 0 Å². The molecule has 2 N–H and O–H groups in total. The number of amides is 1. The summed E-state index contributed by atoms with van der Waals surface area (Å²) in [5.41, 5.74) is 5.58. The van der Waals surface area contributed by atoms with Crippen molar-refractivity contribution in [1.29, 1.82) is 0 Å². The number of carbonyl (C=O) groups is 1. The maximum atomic E-state index is 12.8. The number of hydrogen-bond donors (Lipinski definition) is 1. The molecule has 0 spiro atoms. The summed E-state index contributed by atoms with van der Waals surface area (Å²) in [7, 11) is 1.95. The van der Waals surface area contributed by atoms with Gasteiger partial charge in [-0.25, -0.2) is 4.98 Å². The minimum Gasteiger partial charge on any atom is -0.381 e. The van der Waals surface area contributed by atoms with Crippen molar-refractivity contribution in [3.05, 3.63) is 18.2 Å².